The molecule has 48 heavy (non-hydrogen) atoms. The number of carbonyl (C=O) groups is 3. The molecule has 4 aromatic rings. The lowest BCUT2D eigenvalue weighted by atomic mass is 9.88. The zero-order chi connectivity index (χ0) is 34.5. The molecule has 0 spiro atoms. The van der Waals surface area contributed by atoms with Crippen LogP contribution < -0.4 is 4.74 Å². The molecular weight excluding hydrogens is 616 g/mol. The number of fused-ring (bicyclic) bond motifs is 8. The van der Waals surface area contributed by atoms with Crippen molar-refractivity contribution in [1.29, 1.82) is 0 Å². The van der Waals surface area contributed by atoms with Crippen molar-refractivity contribution in [3.05, 3.63) is 116 Å². The predicted octanol–water partition coefficient (Wildman–Crippen LogP) is 5.54. The van der Waals surface area contributed by atoms with Gasteiger partial charge in [-0.1, -0.05) is 67.9 Å². The van der Waals surface area contributed by atoms with Gasteiger partial charge in [-0.15, -0.1) is 0 Å². The van der Waals surface area contributed by atoms with E-state index in [9.17, 15) is 45.0 Å². The van der Waals surface area contributed by atoms with Crippen molar-refractivity contribution < 1.29 is 49.8 Å². The van der Waals surface area contributed by atoms with Crippen LogP contribution in [0.2, 0.25) is 0 Å². The molecule has 0 aliphatic heterocycles. The number of carboxylic acid groups (broad SMARTS) is 3. The Kier molecular flexibility index (Phi) is 10.2. The molecule has 0 fully saturated rings. The highest BCUT2D eigenvalue weighted by Crippen LogP contribution is 2.39. The average Bonchev–Trinajstić information content (AvgIpc) is 2.99. The van der Waals surface area contributed by atoms with Gasteiger partial charge in [0.05, 0.1) is 25.9 Å². The van der Waals surface area contributed by atoms with Crippen LogP contribution in [0.15, 0.2) is 54.6 Å². The molecule has 10 nitrogen and oxygen atoms in total. The Hall–Kier alpha value is -5.51. The molecule has 6 N–H and O–H groups in total. The SMILES string of the molecule is CCCCOc1c2cccc1Cc1cc(CC(=O)O)cc(c1O)Cc1cc(CC(=O)O)cc(c1O)Cc1cc(CC(=O)O)cc(c1O)C2. The molecule has 4 aromatic carbocycles. The number of aromatic hydroxyl groups is 3. The number of benzene rings is 4. The number of hydrogen-bond acceptors (Lipinski definition) is 7. The summed E-state index contributed by atoms with van der Waals surface area (Å²) < 4.78 is 6.33. The van der Waals surface area contributed by atoms with Crippen LogP contribution in [0.5, 0.6) is 23.0 Å². The van der Waals surface area contributed by atoms with E-state index in [1.54, 1.807) is 24.3 Å². The van der Waals surface area contributed by atoms with Gasteiger partial charge >= 0.3 is 17.9 Å². The first-order chi connectivity index (χ1) is 22.9. The number of aliphatic carboxylic acids is 3. The van der Waals surface area contributed by atoms with Gasteiger partial charge in [-0.05, 0) is 67.6 Å². The third-order valence-corrected chi connectivity index (χ3v) is 8.49. The van der Waals surface area contributed by atoms with Crippen LogP contribution in [0.25, 0.3) is 0 Å². The monoisotopic (exact) mass is 654 g/mol. The minimum absolute atomic E-state index is 0.0469. The first-order valence-electron chi connectivity index (χ1n) is 15.8. The lowest BCUT2D eigenvalue weighted by molar-refractivity contribution is -0.137. The third kappa shape index (κ3) is 7.88. The molecule has 5 rings (SSSR count). The fraction of sp³-hybridized carbons (Fsp3) is 0.289. The molecule has 10 heteroatoms. The van der Waals surface area contributed by atoms with E-state index in [0.29, 0.717) is 62.4 Å². The van der Waals surface area contributed by atoms with Gasteiger partial charge in [0.1, 0.15) is 23.0 Å². The molecule has 0 aromatic heterocycles. The number of carboxylic acids is 3. The van der Waals surface area contributed by atoms with Crippen molar-refractivity contribution in [2.45, 2.75) is 64.7 Å². The highest BCUT2D eigenvalue weighted by atomic mass is 16.5. The topological polar surface area (TPSA) is 182 Å². The van der Waals surface area contributed by atoms with Gasteiger partial charge in [0.2, 0.25) is 0 Å². The second-order valence-corrected chi connectivity index (χ2v) is 12.3. The largest absolute Gasteiger partial charge is 0.507 e. The number of rotatable bonds is 10. The van der Waals surface area contributed by atoms with Crippen LogP contribution in [0.3, 0.4) is 0 Å². The minimum Gasteiger partial charge on any atom is -0.507 e. The summed E-state index contributed by atoms with van der Waals surface area (Å²) in [5.74, 6) is -2.97. The Bertz CT molecular complexity index is 1770. The number of hydrogen-bond donors (Lipinski definition) is 6. The van der Waals surface area contributed by atoms with E-state index in [4.69, 9.17) is 4.74 Å². The maximum Gasteiger partial charge on any atom is 0.307 e. The van der Waals surface area contributed by atoms with E-state index in [2.05, 4.69) is 0 Å². The van der Waals surface area contributed by atoms with Crippen molar-refractivity contribution in [2.75, 3.05) is 6.61 Å². The summed E-state index contributed by atoms with van der Waals surface area (Å²) in [5, 5.41) is 63.5. The van der Waals surface area contributed by atoms with Crippen LogP contribution in [0.1, 0.15) is 81.0 Å². The number of ether oxygens (including phenoxy) is 1. The second-order valence-electron chi connectivity index (χ2n) is 12.3. The molecule has 1 aliphatic rings. The van der Waals surface area contributed by atoms with E-state index in [1.807, 2.05) is 25.1 Å². The Morgan fingerprint density at radius 3 is 1.17 bits per heavy atom. The molecular formula is C38H38O10. The maximum absolute atomic E-state index is 11.8. The highest BCUT2D eigenvalue weighted by molar-refractivity contribution is 5.72. The lowest BCUT2D eigenvalue weighted by Gasteiger charge is -2.21. The van der Waals surface area contributed by atoms with Crippen molar-refractivity contribution in [1.82, 2.24) is 0 Å². The summed E-state index contributed by atoms with van der Waals surface area (Å²) in [5.41, 5.74) is 4.91. The highest BCUT2D eigenvalue weighted by Gasteiger charge is 2.22. The zero-order valence-electron chi connectivity index (χ0n) is 26.6. The molecule has 0 atom stereocenters. The van der Waals surface area contributed by atoms with Crippen molar-refractivity contribution in [2.24, 2.45) is 0 Å². The normalized spacial score (nSPS) is 12.4. The first-order valence-corrected chi connectivity index (χ1v) is 15.8. The van der Waals surface area contributed by atoms with Crippen molar-refractivity contribution >= 4 is 17.9 Å². The fourth-order valence-electron chi connectivity index (χ4n) is 6.38. The Morgan fingerprint density at radius 1 is 0.562 bits per heavy atom. The third-order valence-electron chi connectivity index (χ3n) is 8.49. The smallest absolute Gasteiger partial charge is 0.307 e. The zero-order valence-corrected chi connectivity index (χ0v) is 26.6. The Labute approximate surface area is 277 Å². The standard InChI is InChI=1S/C38H38O10/c1-2-3-7-48-38-24-5-4-6-25(38)18-27-9-22(15-33(41)42)11-29(36(27)46)20-31-13-23(16-34(43)44)12-30(37(31)47)19-28-10-21(14-32(39)40)8-26(17-24)35(28)45/h4-6,8-13,45-47H,2-3,7,14-20H2,1H3,(H,39,40)(H,41,42)(H,43,44). The summed E-state index contributed by atoms with van der Waals surface area (Å²) in [6, 6.07) is 15.0. The number of para-hydroxylation sites is 1. The molecule has 8 bridgehead atoms. The van der Waals surface area contributed by atoms with Crippen LogP contribution >= 0.6 is 0 Å². The first kappa shape index (κ1) is 33.8. The van der Waals surface area contributed by atoms with E-state index < -0.39 is 17.9 Å². The number of unbranched alkanes of at least 4 members (excludes halogenated alkanes) is 1. The van der Waals surface area contributed by atoms with E-state index in [-0.39, 0.29) is 62.2 Å². The van der Waals surface area contributed by atoms with Crippen LogP contribution in [0, 0.1) is 0 Å². The van der Waals surface area contributed by atoms with Gasteiger partial charge in [-0.3, -0.25) is 14.4 Å². The quantitative estimate of drug-likeness (QED) is 0.105. The molecule has 0 saturated heterocycles. The average molecular weight is 655 g/mol. The predicted molar refractivity (Wildman–Crippen MR) is 176 cm³/mol. The molecule has 0 unspecified atom stereocenters. The fourth-order valence-corrected chi connectivity index (χ4v) is 6.38. The van der Waals surface area contributed by atoms with Crippen molar-refractivity contribution in [3.8, 4) is 23.0 Å². The lowest BCUT2D eigenvalue weighted by Crippen LogP contribution is -2.08. The van der Waals surface area contributed by atoms with E-state index >= 15 is 0 Å². The van der Waals surface area contributed by atoms with E-state index in [0.717, 1.165) is 24.0 Å². The van der Waals surface area contributed by atoms with Gasteiger partial charge in [0, 0.05) is 25.7 Å². The number of phenolic OH excluding ortho intramolecular Hbond substituents is 3. The Balaban J connectivity index is 1.79. The Morgan fingerprint density at radius 2 is 0.875 bits per heavy atom. The van der Waals surface area contributed by atoms with Crippen LogP contribution in [0.4, 0.5) is 0 Å². The molecule has 0 radical (unpaired) electrons. The minimum atomic E-state index is -1.10. The number of phenols is 3. The molecule has 0 saturated carbocycles. The van der Waals surface area contributed by atoms with E-state index in [1.165, 1.54) is 12.1 Å². The van der Waals surface area contributed by atoms with Crippen LogP contribution in [-0.4, -0.2) is 55.2 Å². The second kappa shape index (κ2) is 14.5. The molecule has 1 aliphatic carbocycles. The summed E-state index contributed by atoms with van der Waals surface area (Å²) in [7, 11) is 0. The molecule has 250 valence electrons. The van der Waals surface area contributed by atoms with Gasteiger partial charge in [-0.2, -0.15) is 0 Å². The summed E-state index contributed by atoms with van der Waals surface area (Å²) in [4.78, 5) is 35.2. The van der Waals surface area contributed by atoms with Gasteiger partial charge in [0.25, 0.3) is 0 Å². The maximum atomic E-state index is 11.8. The molecule has 0 heterocycles. The van der Waals surface area contributed by atoms with Crippen LogP contribution in [-0.2, 0) is 59.3 Å². The summed E-state index contributed by atoms with van der Waals surface area (Å²) in [6.45, 7) is 2.46. The summed E-state index contributed by atoms with van der Waals surface area (Å²) >= 11 is 0. The van der Waals surface area contributed by atoms with Gasteiger partial charge < -0.3 is 35.4 Å². The van der Waals surface area contributed by atoms with Gasteiger partial charge in [0.15, 0.2) is 0 Å². The summed E-state index contributed by atoms with van der Waals surface area (Å²) in [6.07, 6.45) is 0.966. The van der Waals surface area contributed by atoms with Crippen molar-refractivity contribution in [3.63, 3.8) is 0 Å². The molecule has 0 amide bonds. The van der Waals surface area contributed by atoms with Gasteiger partial charge in [-0.25, -0.2) is 0 Å².